The van der Waals surface area contributed by atoms with E-state index in [9.17, 15) is 0 Å². The van der Waals surface area contributed by atoms with Gasteiger partial charge in [0.15, 0.2) is 0 Å². The molecule has 0 fully saturated rings. The standard InChI is InChI=1S/C8H6Cl2N2S/c9-6-3-11-12(4-6)5-7-1-2-8(10)13-7/h1-4H,5H2. The Kier molecular flexibility index (Phi) is 2.58. The minimum Gasteiger partial charge on any atom is -0.266 e. The van der Waals surface area contributed by atoms with E-state index in [0.717, 1.165) is 10.9 Å². The first-order valence-electron chi connectivity index (χ1n) is 3.66. The van der Waals surface area contributed by atoms with Gasteiger partial charge >= 0.3 is 0 Å². The third-order valence-corrected chi connectivity index (χ3v) is 2.96. The van der Waals surface area contributed by atoms with Gasteiger partial charge < -0.3 is 0 Å². The van der Waals surface area contributed by atoms with Crippen LogP contribution in [0.4, 0.5) is 0 Å². The van der Waals surface area contributed by atoms with Crippen molar-refractivity contribution in [2.24, 2.45) is 0 Å². The maximum atomic E-state index is 5.79. The quantitative estimate of drug-likeness (QED) is 0.778. The molecular formula is C8H6Cl2N2S. The van der Waals surface area contributed by atoms with E-state index in [4.69, 9.17) is 23.2 Å². The molecule has 13 heavy (non-hydrogen) atoms. The average Bonchev–Trinajstić information content (AvgIpc) is 2.62. The van der Waals surface area contributed by atoms with Crippen LogP contribution in [0.1, 0.15) is 4.88 Å². The van der Waals surface area contributed by atoms with E-state index in [2.05, 4.69) is 5.10 Å². The Balaban J connectivity index is 2.14. The van der Waals surface area contributed by atoms with Gasteiger partial charge in [0.25, 0.3) is 0 Å². The minimum atomic E-state index is 0.655. The lowest BCUT2D eigenvalue weighted by molar-refractivity contribution is 0.695. The fourth-order valence-electron chi connectivity index (χ4n) is 1.02. The van der Waals surface area contributed by atoms with Crippen molar-refractivity contribution in [3.8, 4) is 0 Å². The molecule has 0 saturated heterocycles. The second-order valence-electron chi connectivity index (χ2n) is 2.56. The van der Waals surface area contributed by atoms with E-state index in [1.54, 1.807) is 28.4 Å². The number of rotatable bonds is 2. The van der Waals surface area contributed by atoms with Crippen LogP contribution in [0.25, 0.3) is 0 Å². The van der Waals surface area contributed by atoms with E-state index in [-0.39, 0.29) is 0 Å². The minimum absolute atomic E-state index is 0.655. The van der Waals surface area contributed by atoms with Crippen LogP contribution in [-0.2, 0) is 6.54 Å². The van der Waals surface area contributed by atoms with Crippen molar-refractivity contribution >= 4 is 34.5 Å². The molecule has 0 aliphatic carbocycles. The topological polar surface area (TPSA) is 17.8 Å². The van der Waals surface area contributed by atoms with Crippen molar-refractivity contribution in [2.45, 2.75) is 6.54 Å². The molecule has 68 valence electrons. The molecule has 0 saturated carbocycles. The molecule has 0 aromatic carbocycles. The van der Waals surface area contributed by atoms with Crippen LogP contribution in [-0.4, -0.2) is 9.78 Å². The van der Waals surface area contributed by atoms with Crippen molar-refractivity contribution in [2.75, 3.05) is 0 Å². The lowest BCUT2D eigenvalue weighted by Crippen LogP contribution is -1.96. The fraction of sp³-hybridized carbons (Fsp3) is 0.125. The normalized spacial score (nSPS) is 10.6. The molecule has 2 aromatic heterocycles. The maximum absolute atomic E-state index is 5.79. The van der Waals surface area contributed by atoms with E-state index >= 15 is 0 Å². The molecule has 0 atom stereocenters. The van der Waals surface area contributed by atoms with Gasteiger partial charge in [0, 0.05) is 11.1 Å². The summed E-state index contributed by atoms with van der Waals surface area (Å²) in [6, 6.07) is 3.87. The highest BCUT2D eigenvalue weighted by molar-refractivity contribution is 7.16. The SMILES string of the molecule is Clc1cnn(Cc2ccc(Cl)s2)c1. The van der Waals surface area contributed by atoms with E-state index in [1.807, 2.05) is 12.1 Å². The van der Waals surface area contributed by atoms with Crippen LogP contribution >= 0.6 is 34.5 Å². The van der Waals surface area contributed by atoms with Gasteiger partial charge in [-0.15, -0.1) is 11.3 Å². The lowest BCUT2D eigenvalue weighted by Gasteiger charge is -1.95. The molecular weight excluding hydrogens is 227 g/mol. The van der Waals surface area contributed by atoms with Crippen molar-refractivity contribution in [1.82, 2.24) is 9.78 Å². The number of aromatic nitrogens is 2. The molecule has 5 heteroatoms. The molecule has 0 amide bonds. The van der Waals surface area contributed by atoms with E-state index in [0.29, 0.717) is 5.02 Å². The monoisotopic (exact) mass is 232 g/mol. The Bertz CT molecular complexity index is 369. The van der Waals surface area contributed by atoms with Gasteiger partial charge in [-0.05, 0) is 12.1 Å². The van der Waals surface area contributed by atoms with Crippen LogP contribution < -0.4 is 0 Å². The van der Waals surface area contributed by atoms with Crippen LogP contribution in [0.3, 0.4) is 0 Å². The van der Waals surface area contributed by atoms with Crippen LogP contribution in [0.2, 0.25) is 9.36 Å². The first-order valence-corrected chi connectivity index (χ1v) is 5.23. The van der Waals surface area contributed by atoms with Gasteiger partial charge in [-0.3, -0.25) is 4.68 Å². The largest absolute Gasteiger partial charge is 0.266 e. The van der Waals surface area contributed by atoms with Crippen molar-refractivity contribution < 1.29 is 0 Å². The van der Waals surface area contributed by atoms with Gasteiger partial charge in [0.2, 0.25) is 0 Å². The third-order valence-electron chi connectivity index (χ3n) is 1.55. The smallest absolute Gasteiger partial charge is 0.0931 e. The number of halogens is 2. The van der Waals surface area contributed by atoms with Gasteiger partial charge in [0.05, 0.1) is 22.1 Å². The number of thiophene rings is 1. The highest BCUT2D eigenvalue weighted by atomic mass is 35.5. The summed E-state index contributed by atoms with van der Waals surface area (Å²) in [6.07, 6.45) is 3.41. The molecule has 0 aliphatic heterocycles. The van der Waals surface area contributed by atoms with E-state index in [1.165, 1.54) is 4.88 Å². The Morgan fingerprint density at radius 3 is 2.77 bits per heavy atom. The van der Waals surface area contributed by atoms with Gasteiger partial charge in [0.1, 0.15) is 0 Å². The summed E-state index contributed by atoms with van der Waals surface area (Å²) < 4.78 is 2.58. The Morgan fingerprint density at radius 1 is 1.38 bits per heavy atom. The zero-order valence-electron chi connectivity index (χ0n) is 6.58. The molecule has 0 N–H and O–H groups in total. The maximum Gasteiger partial charge on any atom is 0.0931 e. The summed E-state index contributed by atoms with van der Waals surface area (Å²) in [7, 11) is 0. The molecule has 2 nitrogen and oxygen atoms in total. The van der Waals surface area contributed by atoms with Crippen LogP contribution in [0.5, 0.6) is 0 Å². The summed E-state index contributed by atoms with van der Waals surface area (Å²) >= 11 is 13.1. The van der Waals surface area contributed by atoms with E-state index < -0.39 is 0 Å². The number of hydrogen-bond acceptors (Lipinski definition) is 2. The first kappa shape index (κ1) is 9.06. The first-order chi connectivity index (χ1) is 6.24. The Labute approximate surface area is 89.7 Å². The molecule has 0 radical (unpaired) electrons. The predicted octanol–water partition coefficient (Wildman–Crippen LogP) is 3.30. The highest BCUT2D eigenvalue weighted by Crippen LogP contribution is 2.22. The zero-order valence-corrected chi connectivity index (χ0v) is 8.90. The summed E-state index contributed by atoms with van der Waals surface area (Å²) in [6.45, 7) is 0.726. The highest BCUT2D eigenvalue weighted by Gasteiger charge is 2.00. The third kappa shape index (κ3) is 2.24. The summed E-state index contributed by atoms with van der Waals surface area (Å²) in [5, 5.41) is 4.72. The fourth-order valence-corrected chi connectivity index (χ4v) is 2.26. The molecule has 0 aliphatic rings. The summed E-state index contributed by atoms with van der Waals surface area (Å²) in [5.41, 5.74) is 0. The molecule has 0 spiro atoms. The average molecular weight is 233 g/mol. The zero-order chi connectivity index (χ0) is 9.26. The second kappa shape index (κ2) is 3.70. The number of hydrogen-bond donors (Lipinski definition) is 0. The van der Waals surface area contributed by atoms with Gasteiger partial charge in [-0.1, -0.05) is 23.2 Å². The van der Waals surface area contributed by atoms with Crippen molar-refractivity contribution in [3.63, 3.8) is 0 Å². The molecule has 2 aromatic rings. The van der Waals surface area contributed by atoms with Gasteiger partial charge in [-0.25, -0.2) is 0 Å². The Morgan fingerprint density at radius 2 is 2.23 bits per heavy atom. The lowest BCUT2D eigenvalue weighted by atomic mass is 10.5. The Hall–Kier alpha value is -0.510. The predicted molar refractivity (Wildman–Crippen MR) is 55.7 cm³/mol. The molecule has 2 heterocycles. The van der Waals surface area contributed by atoms with Crippen LogP contribution in [0.15, 0.2) is 24.5 Å². The second-order valence-corrected chi connectivity index (χ2v) is 4.80. The van der Waals surface area contributed by atoms with Crippen molar-refractivity contribution in [3.05, 3.63) is 38.8 Å². The summed E-state index contributed by atoms with van der Waals surface area (Å²) in [4.78, 5) is 1.17. The molecule has 0 unspecified atom stereocenters. The van der Waals surface area contributed by atoms with Crippen molar-refractivity contribution in [1.29, 1.82) is 0 Å². The molecule has 0 bridgehead atoms. The van der Waals surface area contributed by atoms with Gasteiger partial charge in [-0.2, -0.15) is 5.10 Å². The number of nitrogens with zero attached hydrogens (tertiary/aromatic N) is 2. The van der Waals surface area contributed by atoms with Crippen LogP contribution in [0, 0.1) is 0 Å². The molecule has 2 rings (SSSR count). The summed E-state index contributed by atoms with van der Waals surface area (Å²) in [5.74, 6) is 0.